The first-order valence-corrected chi connectivity index (χ1v) is 15.0. The Hall–Kier alpha value is -4.50. The van der Waals surface area contributed by atoms with Crippen molar-refractivity contribution in [2.45, 2.75) is 56.3 Å². The third kappa shape index (κ3) is 5.59. The highest BCUT2D eigenvalue weighted by Gasteiger charge is 2.47. The molecule has 3 aromatic heterocycles. The Labute approximate surface area is 253 Å². The lowest BCUT2D eigenvalue weighted by molar-refractivity contribution is -0.00236. The minimum atomic E-state index is -1.28. The lowest BCUT2D eigenvalue weighted by atomic mass is 9.91. The summed E-state index contributed by atoms with van der Waals surface area (Å²) >= 11 is 0. The summed E-state index contributed by atoms with van der Waals surface area (Å²) in [6.45, 7) is 4.70. The van der Waals surface area contributed by atoms with Gasteiger partial charge in [-0.25, -0.2) is 4.98 Å². The standard InChI is InChI=1S/C30H35N11O3/c1-2-41-39-29(38-40-41)25-23(43)22(42)24(44-25)28-34-21-26(36-30(37-27(21)35-28)33-19-13-14-31-15-19)32-16-20(17-9-5-3-6-10-17)18-11-7-4-8-12-18/h3-12,19-20,22-25,31,42-43H,2,13-16H2,1H3,(H3,32,33,34,35,36,37)/t19-,22+,23-,24-,25-/m0/s1. The van der Waals surface area contributed by atoms with Crippen molar-refractivity contribution in [2.24, 2.45) is 0 Å². The summed E-state index contributed by atoms with van der Waals surface area (Å²) in [6, 6.07) is 20.9. The van der Waals surface area contributed by atoms with E-state index in [1.807, 2.05) is 43.3 Å². The van der Waals surface area contributed by atoms with Gasteiger partial charge in [-0.1, -0.05) is 60.7 Å². The van der Waals surface area contributed by atoms with Gasteiger partial charge in [-0.2, -0.15) is 14.8 Å². The number of aromatic nitrogens is 8. The zero-order chi connectivity index (χ0) is 30.0. The SMILES string of the molecule is CCn1nnc([C@H]2O[C@H](c3nc4nc(N[C@H]5CCNC5)nc(NCC(c5ccccc5)c5ccccc5)c4[nH]3)[C@H](O)[C@@H]2O)n1. The van der Waals surface area contributed by atoms with Crippen LogP contribution < -0.4 is 16.0 Å². The molecular weight excluding hydrogens is 562 g/mol. The van der Waals surface area contributed by atoms with E-state index in [1.165, 1.54) is 15.9 Å². The highest BCUT2D eigenvalue weighted by molar-refractivity contribution is 5.84. The van der Waals surface area contributed by atoms with Crippen molar-refractivity contribution in [3.63, 3.8) is 0 Å². The first kappa shape index (κ1) is 28.3. The number of nitrogens with zero attached hydrogens (tertiary/aromatic N) is 7. The smallest absolute Gasteiger partial charge is 0.227 e. The summed E-state index contributed by atoms with van der Waals surface area (Å²) in [4.78, 5) is 18.9. The average Bonchev–Trinajstić information content (AvgIpc) is 3.87. The number of tetrazole rings is 1. The van der Waals surface area contributed by atoms with Crippen LogP contribution in [0.4, 0.5) is 11.8 Å². The number of aliphatic hydroxyl groups is 2. The van der Waals surface area contributed by atoms with Crippen LogP contribution in [0.3, 0.4) is 0 Å². The highest BCUT2D eigenvalue weighted by Crippen LogP contribution is 2.40. The summed E-state index contributed by atoms with van der Waals surface area (Å²) in [5.41, 5.74) is 3.33. The third-order valence-corrected chi connectivity index (χ3v) is 8.18. The number of imidazole rings is 1. The zero-order valence-electron chi connectivity index (χ0n) is 24.2. The number of aromatic amines is 1. The van der Waals surface area contributed by atoms with Gasteiger partial charge >= 0.3 is 0 Å². The molecule has 2 fully saturated rings. The van der Waals surface area contributed by atoms with Gasteiger partial charge in [0.15, 0.2) is 17.6 Å². The Morgan fingerprint density at radius 1 is 0.977 bits per heavy atom. The van der Waals surface area contributed by atoms with E-state index in [0.717, 1.165) is 19.5 Å². The van der Waals surface area contributed by atoms with Crippen LogP contribution in [0.5, 0.6) is 0 Å². The van der Waals surface area contributed by atoms with Gasteiger partial charge in [0.2, 0.25) is 11.8 Å². The molecule has 0 amide bonds. The largest absolute Gasteiger partial charge is 0.387 e. The molecule has 0 bridgehead atoms. The molecule has 5 atom stereocenters. The number of fused-ring (bicyclic) bond motifs is 1. The molecule has 6 N–H and O–H groups in total. The number of hydrogen-bond acceptors (Lipinski definition) is 12. The number of aliphatic hydroxyl groups excluding tert-OH is 2. The number of benzene rings is 2. The molecule has 14 nitrogen and oxygen atoms in total. The molecule has 2 aromatic carbocycles. The van der Waals surface area contributed by atoms with E-state index in [-0.39, 0.29) is 17.8 Å². The molecule has 0 unspecified atom stereocenters. The van der Waals surface area contributed by atoms with Crippen molar-refractivity contribution in [1.29, 1.82) is 0 Å². The number of ether oxygens (including phenoxy) is 1. The van der Waals surface area contributed by atoms with Crippen LogP contribution in [0.15, 0.2) is 60.7 Å². The number of nitrogens with one attached hydrogen (secondary N) is 4. The molecule has 228 valence electrons. The van der Waals surface area contributed by atoms with Gasteiger partial charge in [-0.3, -0.25) is 0 Å². The second-order valence-corrected chi connectivity index (χ2v) is 11.1. The van der Waals surface area contributed by atoms with Gasteiger partial charge in [0.1, 0.15) is 29.7 Å². The van der Waals surface area contributed by atoms with Gasteiger partial charge in [0.05, 0.1) is 6.54 Å². The van der Waals surface area contributed by atoms with Crippen molar-refractivity contribution >= 4 is 22.9 Å². The summed E-state index contributed by atoms with van der Waals surface area (Å²) < 4.78 is 6.07. The number of rotatable bonds is 10. The van der Waals surface area contributed by atoms with E-state index in [2.05, 4.69) is 60.6 Å². The minimum absolute atomic E-state index is 0.0557. The fraction of sp³-hybridized carbons (Fsp3) is 0.400. The molecule has 0 spiro atoms. The fourth-order valence-electron chi connectivity index (χ4n) is 5.82. The minimum Gasteiger partial charge on any atom is -0.387 e. The first-order chi connectivity index (χ1) is 21.6. The second-order valence-electron chi connectivity index (χ2n) is 11.1. The summed E-state index contributed by atoms with van der Waals surface area (Å²) in [5, 5.41) is 44.4. The van der Waals surface area contributed by atoms with E-state index < -0.39 is 24.4 Å². The van der Waals surface area contributed by atoms with Crippen LogP contribution in [0.25, 0.3) is 11.2 Å². The number of H-pyrrole nitrogens is 1. The highest BCUT2D eigenvalue weighted by atomic mass is 16.5. The summed E-state index contributed by atoms with van der Waals surface area (Å²) in [7, 11) is 0. The van der Waals surface area contributed by atoms with Crippen LogP contribution in [0.2, 0.25) is 0 Å². The van der Waals surface area contributed by atoms with E-state index in [4.69, 9.17) is 19.7 Å². The molecule has 5 heterocycles. The van der Waals surface area contributed by atoms with Gasteiger partial charge in [0, 0.05) is 25.0 Å². The molecule has 5 aromatic rings. The van der Waals surface area contributed by atoms with E-state index >= 15 is 0 Å². The Bertz CT molecular complexity index is 1650. The quantitative estimate of drug-likeness (QED) is 0.138. The van der Waals surface area contributed by atoms with Crippen LogP contribution in [0.1, 0.15) is 54.2 Å². The monoisotopic (exact) mass is 597 g/mol. The molecule has 2 saturated heterocycles. The number of aryl methyl sites for hydroxylation is 1. The van der Waals surface area contributed by atoms with Crippen molar-refractivity contribution in [1.82, 2.24) is 45.5 Å². The maximum Gasteiger partial charge on any atom is 0.227 e. The van der Waals surface area contributed by atoms with E-state index in [9.17, 15) is 10.2 Å². The lowest BCUT2D eigenvalue weighted by Crippen LogP contribution is -2.27. The van der Waals surface area contributed by atoms with Crippen molar-refractivity contribution < 1.29 is 14.9 Å². The molecular formula is C30H35N11O3. The Morgan fingerprint density at radius 2 is 1.70 bits per heavy atom. The maximum absolute atomic E-state index is 11.0. The van der Waals surface area contributed by atoms with Gasteiger partial charge in [0.25, 0.3) is 0 Å². The predicted molar refractivity (Wildman–Crippen MR) is 162 cm³/mol. The van der Waals surface area contributed by atoms with Crippen LogP contribution in [0, 0.1) is 0 Å². The van der Waals surface area contributed by atoms with E-state index in [1.54, 1.807) is 0 Å². The van der Waals surface area contributed by atoms with Gasteiger partial charge < -0.3 is 35.9 Å². The Kier molecular flexibility index (Phi) is 7.87. The Morgan fingerprint density at radius 3 is 2.36 bits per heavy atom. The normalized spacial score (nSPS) is 23.5. The number of hydrogen-bond donors (Lipinski definition) is 6. The summed E-state index contributed by atoms with van der Waals surface area (Å²) in [5.74, 6) is 1.59. The van der Waals surface area contributed by atoms with Crippen LogP contribution >= 0.6 is 0 Å². The fourth-order valence-corrected chi connectivity index (χ4v) is 5.82. The first-order valence-electron chi connectivity index (χ1n) is 15.0. The average molecular weight is 598 g/mol. The Balaban J connectivity index is 1.21. The molecule has 0 saturated carbocycles. The van der Waals surface area contributed by atoms with Crippen molar-refractivity contribution in [3.8, 4) is 0 Å². The third-order valence-electron chi connectivity index (χ3n) is 8.18. The van der Waals surface area contributed by atoms with Gasteiger partial charge in [-0.05, 0) is 36.2 Å². The molecule has 44 heavy (non-hydrogen) atoms. The number of anilines is 2. The second kappa shape index (κ2) is 12.2. The van der Waals surface area contributed by atoms with Crippen LogP contribution in [-0.2, 0) is 11.3 Å². The van der Waals surface area contributed by atoms with Crippen LogP contribution in [-0.4, -0.2) is 88.2 Å². The topological polar surface area (TPSA) is 184 Å². The van der Waals surface area contributed by atoms with Crippen molar-refractivity contribution in [2.75, 3.05) is 30.3 Å². The molecule has 2 aliphatic rings. The molecule has 14 heteroatoms. The van der Waals surface area contributed by atoms with Crippen molar-refractivity contribution in [3.05, 3.63) is 83.4 Å². The lowest BCUT2D eigenvalue weighted by Gasteiger charge is -2.20. The molecule has 2 aliphatic heterocycles. The van der Waals surface area contributed by atoms with E-state index in [0.29, 0.717) is 41.8 Å². The maximum atomic E-state index is 11.0. The molecule has 0 radical (unpaired) electrons. The van der Waals surface area contributed by atoms with Gasteiger partial charge in [-0.15, -0.1) is 10.2 Å². The zero-order valence-corrected chi connectivity index (χ0v) is 24.2. The molecule has 7 rings (SSSR count). The summed E-state index contributed by atoms with van der Waals surface area (Å²) in [6.07, 6.45) is -3.52. The molecule has 0 aliphatic carbocycles. The predicted octanol–water partition coefficient (Wildman–Crippen LogP) is 1.91.